The lowest BCUT2D eigenvalue weighted by atomic mass is 9.84. The van der Waals surface area contributed by atoms with Gasteiger partial charge in [0.1, 0.15) is 11.9 Å². The zero-order valence-corrected chi connectivity index (χ0v) is 16.0. The lowest BCUT2D eigenvalue weighted by Gasteiger charge is -2.22. The fourth-order valence-corrected chi connectivity index (χ4v) is 3.54. The van der Waals surface area contributed by atoms with Crippen molar-refractivity contribution in [1.82, 2.24) is 4.90 Å². The zero-order valence-electron chi connectivity index (χ0n) is 16.0. The molecule has 1 atom stereocenters. The van der Waals surface area contributed by atoms with Gasteiger partial charge in [-0.1, -0.05) is 39.5 Å². The van der Waals surface area contributed by atoms with Crippen LogP contribution < -0.4 is 0 Å². The molecule has 0 aromatic carbocycles. The van der Waals surface area contributed by atoms with Crippen LogP contribution in [0, 0.1) is 5.92 Å². The number of hydrogen-bond acceptors (Lipinski definition) is 4. The first-order valence-electron chi connectivity index (χ1n) is 10.0. The summed E-state index contributed by atoms with van der Waals surface area (Å²) in [7, 11) is 0. The first-order valence-corrected chi connectivity index (χ1v) is 10.0. The van der Waals surface area contributed by atoms with Gasteiger partial charge >= 0.3 is 5.97 Å². The second-order valence-corrected chi connectivity index (χ2v) is 7.15. The molecule has 0 N–H and O–H groups in total. The summed E-state index contributed by atoms with van der Waals surface area (Å²) in [5.41, 5.74) is 0. The first kappa shape index (κ1) is 21.1. The van der Waals surface area contributed by atoms with Crippen molar-refractivity contribution in [1.29, 1.82) is 0 Å². The maximum Gasteiger partial charge on any atom is 0.306 e. The molecule has 24 heavy (non-hydrogen) atoms. The average Bonchev–Trinajstić information content (AvgIpc) is 2.59. The predicted octanol–water partition coefficient (Wildman–Crippen LogP) is 4.36. The monoisotopic (exact) mass is 339 g/mol. The third-order valence-electron chi connectivity index (χ3n) is 5.11. The van der Waals surface area contributed by atoms with Gasteiger partial charge < -0.3 is 9.64 Å². The fraction of sp³-hybridized carbons (Fsp3) is 0.900. The van der Waals surface area contributed by atoms with E-state index in [1.165, 1.54) is 19.3 Å². The molecular formula is C20H37NO3. The summed E-state index contributed by atoms with van der Waals surface area (Å²) in [4.78, 5) is 26.2. The number of carbonyl (C=O) groups is 2. The molecule has 1 rings (SSSR count). The smallest absolute Gasteiger partial charge is 0.306 e. The van der Waals surface area contributed by atoms with Crippen molar-refractivity contribution < 1.29 is 14.3 Å². The number of esters is 1. The molecule has 0 radical (unpaired) electrons. The average molecular weight is 340 g/mol. The Balaban J connectivity index is 2.05. The van der Waals surface area contributed by atoms with Crippen LogP contribution in [-0.4, -0.2) is 42.4 Å². The van der Waals surface area contributed by atoms with Crippen LogP contribution in [0.4, 0.5) is 0 Å². The van der Waals surface area contributed by atoms with Crippen molar-refractivity contribution in [2.24, 2.45) is 5.92 Å². The molecule has 0 heterocycles. The second kappa shape index (κ2) is 12.5. The number of carbonyl (C=O) groups excluding carboxylic acids is 2. The summed E-state index contributed by atoms with van der Waals surface area (Å²) in [5.74, 6) is 0.669. The van der Waals surface area contributed by atoms with Gasteiger partial charge in [0.2, 0.25) is 0 Å². The fourth-order valence-electron chi connectivity index (χ4n) is 3.54. The largest absolute Gasteiger partial charge is 0.461 e. The van der Waals surface area contributed by atoms with E-state index in [4.69, 9.17) is 4.74 Å². The summed E-state index contributed by atoms with van der Waals surface area (Å²) in [6.07, 6.45) is 9.71. The molecule has 1 aliphatic rings. The molecule has 4 nitrogen and oxygen atoms in total. The van der Waals surface area contributed by atoms with E-state index < -0.39 is 0 Å². The number of likely N-dealkylation sites (N-methyl/N-ethyl adjacent to an activating group) is 1. The van der Waals surface area contributed by atoms with E-state index in [9.17, 15) is 9.59 Å². The molecule has 0 aromatic heterocycles. The van der Waals surface area contributed by atoms with E-state index in [0.29, 0.717) is 24.5 Å². The number of rotatable bonds is 12. The van der Waals surface area contributed by atoms with E-state index in [1.807, 2.05) is 6.92 Å². The Bertz CT molecular complexity index is 360. The molecule has 0 spiro atoms. The zero-order chi connectivity index (χ0) is 17.8. The summed E-state index contributed by atoms with van der Waals surface area (Å²) in [6, 6.07) is 0. The van der Waals surface area contributed by atoms with Gasteiger partial charge in [0.15, 0.2) is 0 Å². The van der Waals surface area contributed by atoms with Crippen molar-refractivity contribution in [2.75, 3.05) is 19.6 Å². The van der Waals surface area contributed by atoms with Crippen LogP contribution in [0.5, 0.6) is 0 Å². The van der Waals surface area contributed by atoms with E-state index >= 15 is 0 Å². The van der Waals surface area contributed by atoms with Crippen LogP contribution in [0.15, 0.2) is 0 Å². The molecular weight excluding hydrogens is 302 g/mol. The van der Waals surface area contributed by atoms with Crippen LogP contribution in [-0.2, 0) is 14.3 Å². The Hall–Kier alpha value is -0.900. The van der Waals surface area contributed by atoms with Crippen molar-refractivity contribution in [3.05, 3.63) is 0 Å². The molecule has 0 aromatic rings. The molecule has 0 amide bonds. The Morgan fingerprint density at radius 1 is 1.00 bits per heavy atom. The molecule has 1 aliphatic carbocycles. The van der Waals surface area contributed by atoms with Gasteiger partial charge in [-0.15, -0.1) is 0 Å². The van der Waals surface area contributed by atoms with Gasteiger partial charge in [0.05, 0.1) is 0 Å². The minimum absolute atomic E-state index is 0.0507. The lowest BCUT2D eigenvalue weighted by Crippen LogP contribution is -2.33. The van der Waals surface area contributed by atoms with E-state index in [0.717, 1.165) is 51.7 Å². The van der Waals surface area contributed by atoms with E-state index in [1.54, 1.807) is 0 Å². The van der Waals surface area contributed by atoms with Gasteiger partial charge in [-0.05, 0) is 45.7 Å². The highest BCUT2D eigenvalue weighted by molar-refractivity contribution is 5.81. The van der Waals surface area contributed by atoms with E-state index in [-0.39, 0.29) is 12.1 Å². The normalized spacial score (nSPS) is 17.0. The highest BCUT2D eigenvalue weighted by atomic mass is 16.5. The maximum absolute atomic E-state index is 12.1. The van der Waals surface area contributed by atoms with Gasteiger partial charge in [-0.3, -0.25) is 9.59 Å². The molecule has 0 aliphatic heterocycles. The standard InChI is InChI=1S/C20H37NO3/c1-4-21(5-2)16-17(3)24-20(23)15-11-7-10-14-19(22)18-12-8-6-9-13-18/h17-18H,4-16H2,1-3H3. The molecule has 0 saturated heterocycles. The molecule has 4 heteroatoms. The van der Waals surface area contributed by atoms with Crippen LogP contribution in [0.2, 0.25) is 0 Å². The quantitative estimate of drug-likeness (QED) is 0.391. The van der Waals surface area contributed by atoms with Gasteiger partial charge in [0.25, 0.3) is 0 Å². The molecule has 1 fully saturated rings. The van der Waals surface area contributed by atoms with E-state index in [2.05, 4.69) is 18.7 Å². The summed E-state index contributed by atoms with van der Waals surface area (Å²) in [6.45, 7) is 8.95. The number of ketones is 1. The molecule has 0 bridgehead atoms. The Morgan fingerprint density at radius 3 is 2.25 bits per heavy atom. The number of hydrogen-bond donors (Lipinski definition) is 0. The summed E-state index contributed by atoms with van der Waals surface area (Å²) in [5, 5.41) is 0. The number of ether oxygens (including phenoxy) is 1. The Kier molecular flexibility index (Phi) is 11.0. The summed E-state index contributed by atoms with van der Waals surface area (Å²) < 4.78 is 5.46. The first-order chi connectivity index (χ1) is 11.6. The van der Waals surface area contributed by atoms with Crippen LogP contribution in [0.25, 0.3) is 0 Å². The number of Topliss-reactive ketones (excluding diaryl/α,β-unsaturated/α-hetero) is 1. The highest BCUT2D eigenvalue weighted by Gasteiger charge is 2.20. The second-order valence-electron chi connectivity index (χ2n) is 7.15. The van der Waals surface area contributed by atoms with Gasteiger partial charge in [0, 0.05) is 25.3 Å². The van der Waals surface area contributed by atoms with Crippen LogP contribution in [0.3, 0.4) is 0 Å². The minimum Gasteiger partial charge on any atom is -0.461 e. The Morgan fingerprint density at radius 2 is 1.62 bits per heavy atom. The minimum atomic E-state index is -0.103. The maximum atomic E-state index is 12.1. The van der Waals surface area contributed by atoms with Gasteiger partial charge in [-0.25, -0.2) is 0 Å². The molecule has 1 saturated carbocycles. The topological polar surface area (TPSA) is 46.6 Å². The highest BCUT2D eigenvalue weighted by Crippen LogP contribution is 2.25. The third kappa shape index (κ3) is 8.81. The van der Waals surface area contributed by atoms with Gasteiger partial charge in [-0.2, -0.15) is 0 Å². The number of unbranched alkanes of at least 4 members (excludes halogenated alkanes) is 2. The molecule has 1 unspecified atom stereocenters. The molecule has 140 valence electrons. The predicted molar refractivity (Wildman–Crippen MR) is 98.0 cm³/mol. The Labute approximate surface area is 148 Å². The van der Waals surface area contributed by atoms with Crippen LogP contribution >= 0.6 is 0 Å². The van der Waals surface area contributed by atoms with Crippen molar-refractivity contribution >= 4 is 11.8 Å². The third-order valence-corrected chi connectivity index (χ3v) is 5.11. The van der Waals surface area contributed by atoms with Crippen molar-refractivity contribution in [3.8, 4) is 0 Å². The van der Waals surface area contributed by atoms with Crippen LogP contribution in [0.1, 0.15) is 85.0 Å². The SMILES string of the molecule is CCN(CC)CC(C)OC(=O)CCCCCC(=O)C1CCCCC1. The lowest BCUT2D eigenvalue weighted by molar-refractivity contribution is -0.149. The number of nitrogens with zero attached hydrogens (tertiary/aromatic N) is 1. The summed E-state index contributed by atoms with van der Waals surface area (Å²) >= 11 is 0. The van der Waals surface area contributed by atoms with Crippen molar-refractivity contribution in [2.45, 2.75) is 91.1 Å². The van der Waals surface area contributed by atoms with Crippen molar-refractivity contribution in [3.63, 3.8) is 0 Å².